The molecule has 0 aromatic heterocycles. The van der Waals surface area contributed by atoms with Gasteiger partial charge in [0.1, 0.15) is 17.3 Å². The normalized spacial score (nSPS) is 10.4. The van der Waals surface area contributed by atoms with Gasteiger partial charge in [0, 0.05) is 11.1 Å². The number of halogens is 1. The summed E-state index contributed by atoms with van der Waals surface area (Å²) in [6.45, 7) is 0. The number of hydrogen-bond acceptors (Lipinski definition) is 2. The Balaban J connectivity index is 2.16. The largest absolute Gasteiger partial charge is 0.497 e. The molecule has 0 bridgehead atoms. The van der Waals surface area contributed by atoms with Crippen molar-refractivity contribution in [1.29, 1.82) is 0 Å². The second-order valence-electron chi connectivity index (χ2n) is 5.13. The van der Waals surface area contributed by atoms with Crippen molar-refractivity contribution in [1.82, 2.24) is 0 Å². The van der Waals surface area contributed by atoms with Gasteiger partial charge in [-0.15, -0.1) is 0 Å². The van der Waals surface area contributed by atoms with Crippen molar-refractivity contribution in [2.75, 3.05) is 14.2 Å². The van der Waals surface area contributed by atoms with E-state index in [1.807, 2.05) is 36.4 Å². The molecule has 2 nitrogen and oxygen atoms in total. The Labute approximate surface area is 135 Å². The third-order valence-corrected chi connectivity index (χ3v) is 3.77. The number of ether oxygens (including phenoxy) is 2. The van der Waals surface area contributed by atoms with Crippen LogP contribution in [0.3, 0.4) is 0 Å². The zero-order chi connectivity index (χ0) is 16.2. The summed E-state index contributed by atoms with van der Waals surface area (Å²) in [5, 5.41) is 0. The lowest BCUT2D eigenvalue weighted by Crippen LogP contribution is -1.93. The highest BCUT2D eigenvalue weighted by atomic mass is 19.1. The molecule has 0 radical (unpaired) electrons. The first-order valence-electron chi connectivity index (χ1n) is 7.30. The Morgan fingerprint density at radius 1 is 0.696 bits per heavy atom. The fourth-order valence-corrected chi connectivity index (χ4v) is 2.57. The van der Waals surface area contributed by atoms with Crippen molar-refractivity contribution >= 4 is 0 Å². The number of benzene rings is 3. The van der Waals surface area contributed by atoms with Crippen LogP contribution in [0.5, 0.6) is 11.5 Å². The Kier molecular flexibility index (Phi) is 4.29. The first-order valence-corrected chi connectivity index (χ1v) is 7.30. The molecule has 0 aliphatic heterocycles. The van der Waals surface area contributed by atoms with Gasteiger partial charge in [0.05, 0.1) is 14.2 Å². The zero-order valence-electron chi connectivity index (χ0n) is 13.0. The molecule has 3 aromatic carbocycles. The van der Waals surface area contributed by atoms with Gasteiger partial charge in [0.2, 0.25) is 0 Å². The monoisotopic (exact) mass is 308 g/mol. The molecule has 0 unspecified atom stereocenters. The predicted molar refractivity (Wildman–Crippen MR) is 90.4 cm³/mol. The van der Waals surface area contributed by atoms with E-state index in [1.165, 1.54) is 6.07 Å². The van der Waals surface area contributed by atoms with Crippen LogP contribution < -0.4 is 9.47 Å². The highest BCUT2D eigenvalue weighted by molar-refractivity contribution is 5.77. The minimum Gasteiger partial charge on any atom is -0.497 e. The Morgan fingerprint density at radius 3 is 2.17 bits per heavy atom. The molecule has 3 heteroatoms. The third kappa shape index (κ3) is 3.04. The number of methoxy groups -OCH3 is 2. The maximum Gasteiger partial charge on any atom is 0.131 e. The average Bonchev–Trinajstić information content (AvgIpc) is 2.62. The van der Waals surface area contributed by atoms with E-state index in [0.717, 1.165) is 11.1 Å². The zero-order valence-corrected chi connectivity index (χ0v) is 13.0. The van der Waals surface area contributed by atoms with Gasteiger partial charge in [0.15, 0.2) is 0 Å². The van der Waals surface area contributed by atoms with Gasteiger partial charge in [-0.05, 0) is 41.5 Å². The van der Waals surface area contributed by atoms with Crippen molar-refractivity contribution in [3.63, 3.8) is 0 Å². The van der Waals surface area contributed by atoms with Crippen LogP contribution >= 0.6 is 0 Å². The molecule has 0 heterocycles. The van der Waals surface area contributed by atoms with Gasteiger partial charge in [-0.1, -0.05) is 36.4 Å². The lowest BCUT2D eigenvalue weighted by Gasteiger charge is -2.13. The number of rotatable bonds is 4. The fourth-order valence-electron chi connectivity index (χ4n) is 2.57. The fraction of sp³-hybridized carbons (Fsp3) is 0.100. The molecular formula is C20H17FO2. The smallest absolute Gasteiger partial charge is 0.131 e. The van der Waals surface area contributed by atoms with E-state index >= 15 is 0 Å². The number of hydrogen-bond donors (Lipinski definition) is 0. The molecule has 0 saturated carbocycles. The lowest BCUT2D eigenvalue weighted by atomic mass is 9.98. The van der Waals surface area contributed by atoms with Gasteiger partial charge in [-0.25, -0.2) is 4.39 Å². The highest BCUT2D eigenvalue weighted by Gasteiger charge is 2.13. The Bertz CT molecular complexity index is 813. The van der Waals surface area contributed by atoms with E-state index in [-0.39, 0.29) is 5.82 Å². The molecular weight excluding hydrogens is 291 g/mol. The van der Waals surface area contributed by atoms with Crippen LogP contribution in [0.15, 0.2) is 66.7 Å². The van der Waals surface area contributed by atoms with Gasteiger partial charge < -0.3 is 9.47 Å². The van der Waals surface area contributed by atoms with E-state index < -0.39 is 0 Å². The summed E-state index contributed by atoms with van der Waals surface area (Å²) < 4.78 is 25.1. The summed E-state index contributed by atoms with van der Waals surface area (Å²) in [5.41, 5.74) is 3.15. The second kappa shape index (κ2) is 6.53. The van der Waals surface area contributed by atoms with Crippen molar-refractivity contribution in [2.45, 2.75) is 0 Å². The summed E-state index contributed by atoms with van der Waals surface area (Å²) in [6, 6.07) is 20.3. The first kappa shape index (κ1) is 15.1. The van der Waals surface area contributed by atoms with E-state index in [9.17, 15) is 4.39 Å². The van der Waals surface area contributed by atoms with Gasteiger partial charge in [0.25, 0.3) is 0 Å². The SMILES string of the molecule is COc1ccc(OC)c(-c2cc(-c3ccccc3)ccc2F)c1. The molecule has 0 spiro atoms. The van der Waals surface area contributed by atoms with Crippen LogP contribution in [0.2, 0.25) is 0 Å². The van der Waals surface area contributed by atoms with E-state index in [1.54, 1.807) is 38.5 Å². The summed E-state index contributed by atoms with van der Waals surface area (Å²) in [5.74, 6) is 0.969. The Hall–Kier alpha value is -2.81. The minimum absolute atomic E-state index is 0.295. The summed E-state index contributed by atoms with van der Waals surface area (Å²) in [6.07, 6.45) is 0. The predicted octanol–water partition coefficient (Wildman–Crippen LogP) is 5.18. The van der Waals surface area contributed by atoms with Crippen molar-refractivity contribution in [3.8, 4) is 33.8 Å². The Morgan fingerprint density at radius 2 is 1.48 bits per heavy atom. The van der Waals surface area contributed by atoms with Crippen LogP contribution in [0.1, 0.15) is 0 Å². The molecule has 0 fully saturated rings. The van der Waals surface area contributed by atoms with Crippen LogP contribution in [0.25, 0.3) is 22.3 Å². The molecule has 3 rings (SSSR count). The molecule has 116 valence electrons. The molecule has 0 aliphatic carbocycles. The first-order chi connectivity index (χ1) is 11.2. The van der Waals surface area contributed by atoms with E-state index in [0.29, 0.717) is 22.6 Å². The van der Waals surface area contributed by atoms with Crippen molar-refractivity contribution in [2.24, 2.45) is 0 Å². The standard InChI is InChI=1S/C20H17FO2/c1-22-16-9-11-20(23-2)18(13-16)17-12-15(8-10-19(17)21)14-6-4-3-5-7-14/h3-13H,1-2H3. The van der Waals surface area contributed by atoms with Crippen molar-refractivity contribution < 1.29 is 13.9 Å². The molecule has 0 atom stereocenters. The van der Waals surface area contributed by atoms with E-state index in [4.69, 9.17) is 9.47 Å². The van der Waals surface area contributed by atoms with Gasteiger partial charge in [-0.3, -0.25) is 0 Å². The maximum absolute atomic E-state index is 14.4. The molecule has 0 saturated heterocycles. The third-order valence-electron chi connectivity index (χ3n) is 3.77. The lowest BCUT2D eigenvalue weighted by molar-refractivity contribution is 0.404. The molecule has 0 N–H and O–H groups in total. The highest BCUT2D eigenvalue weighted by Crippen LogP contribution is 2.36. The quantitative estimate of drug-likeness (QED) is 0.661. The molecule has 0 aliphatic rings. The second-order valence-corrected chi connectivity index (χ2v) is 5.13. The van der Waals surface area contributed by atoms with Crippen molar-refractivity contribution in [3.05, 3.63) is 72.5 Å². The van der Waals surface area contributed by atoms with Crippen LogP contribution in [-0.4, -0.2) is 14.2 Å². The molecule has 23 heavy (non-hydrogen) atoms. The van der Waals surface area contributed by atoms with Gasteiger partial charge in [-0.2, -0.15) is 0 Å². The minimum atomic E-state index is -0.295. The molecule has 0 amide bonds. The van der Waals surface area contributed by atoms with Crippen LogP contribution in [-0.2, 0) is 0 Å². The molecule has 3 aromatic rings. The summed E-state index contributed by atoms with van der Waals surface area (Å²) >= 11 is 0. The topological polar surface area (TPSA) is 18.5 Å². The van der Waals surface area contributed by atoms with Gasteiger partial charge >= 0.3 is 0 Å². The summed E-state index contributed by atoms with van der Waals surface area (Å²) in [4.78, 5) is 0. The van der Waals surface area contributed by atoms with E-state index in [2.05, 4.69) is 0 Å². The maximum atomic E-state index is 14.4. The van der Waals surface area contributed by atoms with Crippen LogP contribution in [0.4, 0.5) is 4.39 Å². The summed E-state index contributed by atoms with van der Waals surface area (Å²) in [7, 11) is 3.16. The average molecular weight is 308 g/mol. The van der Waals surface area contributed by atoms with Crippen LogP contribution in [0, 0.1) is 5.82 Å².